The fourth-order valence-electron chi connectivity index (χ4n) is 4.52. The van der Waals surface area contributed by atoms with E-state index in [-0.39, 0.29) is 18.1 Å². The van der Waals surface area contributed by atoms with Crippen LogP contribution < -0.4 is 4.74 Å². The van der Waals surface area contributed by atoms with E-state index in [4.69, 9.17) is 9.47 Å². The van der Waals surface area contributed by atoms with Crippen LogP contribution in [0.25, 0.3) is 11.3 Å². The lowest BCUT2D eigenvalue weighted by molar-refractivity contribution is 0.0495. The number of benzene rings is 2. The van der Waals surface area contributed by atoms with Crippen LogP contribution in [0.4, 0.5) is 0 Å². The first-order chi connectivity index (χ1) is 15.3. The van der Waals surface area contributed by atoms with Crippen molar-refractivity contribution in [2.75, 3.05) is 19.8 Å². The van der Waals surface area contributed by atoms with E-state index in [2.05, 4.69) is 29.3 Å². The van der Waals surface area contributed by atoms with Gasteiger partial charge in [-0.2, -0.15) is 5.10 Å². The van der Waals surface area contributed by atoms with Gasteiger partial charge in [-0.1, -0.05) is 49.4 Å². The number of nitrogens with zero attached hydrogens (tertiary/aromatic N) is 2. The van der Waals surface area contributed by atoms with Crippen molar-refractivity contribution in [2.24, 2.45) is 0 Å². The molecule has 3 aromatic rings. The molecule has 2 aliphatic rings. The van der Waals surface area contributed by atoms with Crippen molar-refractivity contribution in [3.05, 3.63) is 71.4 Å². The smallest absolute Gasteiger partial charge is 0.273 e. The maximum atomic E-state index is 13.4. The van der Waals surface area contributed by atoms with Gasteiger partial charge in [-0.15, -0.1) is 0 Å². The molecule has 2 unspecified atom stereocenters. The first kappa shape index (κ1) is 19.8. The zero-order valence-electron chi connectivity index (χ0n) is 17.7. The summed E-state index contributed by atoms with van der Waals surface area (Å²) in [5.41, 5.74) is 4.40. The molecule has 1 fully saturated rings. The lowest BCUT2D eigenvalue weighted by atomic mass is 9.96. The van der Waals surface area contributed by atoms with Crippen molar-refractivity contribution in [3.63, 3.8) is 0 Å². The van der Waals surface area contributed by atoms with E-state index in [9.17, 15) is 4.79 Å². The molecule has 6 nitrogen and oxygen atoms in total. The molecule has 2 atom stereocenters. The number of aromatic amines is 1. The van der Waals surface area contributed by atoms with Crippen LogP contribution in [0.15, 0.2) is 54.6 Å². The molecule has 6 heteroatoms. The van der Waals surface area contributed by atoms with Crippen LogP contribution in [0.1, 0.15) is 53.8 Å². The normalized spacial score (nSPS) is 20.3. The fourth-order valence-corrected chi connectivity index (χ4v) is 4.52. The molecule has 0 radical (unpaired) electrons. The number of amides is 1. The molecule has 0 saturated carbocycles. The standard InChI is InChI=1S/C25H27N3O3/c1-2-14-30-19-12-10-18(11-13-19)24-21-22(17-7-4-3-5-8-17)26-27-23(21)25(29)28(24)16-20-9-6-15-31-20/h3-5,7-8,10-13,20,24H,2,6,9,14-16H2,1H3,(H,26,27). The van der Waals surface area contributed by atoms with Crippen molar-refractivity contribution >= 4 is 5.91 Å². The molecule has 0 aliphatic carbocycles. The highest BCUT2D eigenvalue weighted by Crippen LogP contribution is 2.43. The SMILES string of the molecule is CCCOc1ccc(C2c3c(-c4ccccc4)n[nH]c3C(=O)N2CC2CCCO2)cc1. The minimum atomic E-state index is -0.208. The maximum Gasteiger partial charge on any atom is 0.273 e. The number of hydrogen-bond acceptors (Lipinski definition) is 4. The van der Waals surface area contributed by atoms with Gasteiger partial charge in [0.05, 0.1) is 24.4 Å². The quantitative estimate of drug-likeness (QED) is 0.611. The minimum absolute atomic E-state index is 0.0171. The molecule has 0 bridgehead atoms. The summed E-state index contributed by atoms with van der Waals surface area (Å²) in [4.78, 5) is 15.3. The van der Waals surface area contributed by atoms with E-state index in [0.29, 0.717) is 18.8 Å². The number of hydrogen-bond donors (Lipinski definition) is 1. The van der Waals surface area contributed by atoms with Gasteiger partial charge in [-0.3, -0.25) is 9.89 Å². The van der Waals surface area contributed by atoms with Crippen LogP contribution in [0, 0.1) is 0 Å². The predicted octanol–water partition coefficient (Wildman–Crippen LogP) is 4.59. The second-order valence-electron chi connectivity index (χ2n) is 8.14. The number of ether oxygens (including phenoxy) is 2. The van der Waals surface area contributed by atoms with Crippen molar-refractivity contribution in [2.45, 2.75) is 38.3 Å². The molecular formula is C25H27N3O3. The van der Waals surface area contributed by atoms with Crippen molar-refractivity contribution < 1.29 is 14.3 Å². The van der Waals surface area contributed by atoms with Gasteiger partial charge >= 0.3 is 0 Å². The van der Waals surface area contributed by atoms with Crippen LogP contribution in [-0.2, 0) is 4.74 Å². The molecule has 160 valence electrons. The van der Waals surface area contributed by atoms with E-state index in [1.54, 1.807) is 0 Å². The third-order valence-electron chi connectivity index (χ3n) is 6.00. The lowest BCUT2D eigenvalue weighted by Crippen LogP contribution is -2.36. The fraction of sp³-hybridized carbons (Fsp3) is 0.360. The molecule has 31 heavy (non-hydrogen) atoms. The van der Waals surface area contributed by atoms with Crippen molar-refractivity contribution in [1.82, 2.24) is 15.1 Å². The van der Waals surface area contributed by atoms with Gasteiger partial charge < -0.3 is 14.4 Å². The number of rotatable bonds is 7. The Morgan fingerprint density at radius 3 is 2.68 bits per heavy atom. The highest BCUT2D eigenvalue weighted by molar-refractivity contribution is 6.00. The zero-order chi connectivity index (χ0) is 21.2. The second-order valence-corrected chi connectivity index (χ2v) is 8.14. The van der Waals surface area contributed by atoms with E-state index in [0.717, 1.165) is 54.0 Å². The molecule has 2 aliphatic heterocycles. The first-order valence-electron chi connectivity index (χ1n) is 11.0. The molecule has 3 heterocycles. The van der Waals surface area contributed by atoms with Gasteiger partial charge in [-0.05, 0) is 37.0 Å². The molecule has 1 saturated heterocycles. The number of aromatic nitrogens is 2. The molecular weight excluding hydrogens is 390 g/mol. The minimum Gasteiger partial charge on any atom is -0.494 e. The highest BCUT2D eigenvalue weighted by Gasteiger charge is 2.43. The Kier molecular flexibility index (Phi) is 5.47. The van der Waals surface area contributed by atoms with Crippen molar-refractivity contribution in [1.29, 1.82) is 0 Å². The Bertz CT molecular complexity index is 1040. The third-order valence-corrected chi connectivity index (χ3v) is 6.00. The monoisotopic (exact) mass is 417 g/mol. The maximum absolute atomic E-state index is 13.4. The van der Waals surface area contributed by atoms with E-state index in [1.807, 2.05) is 47.4 Å². The molecule has 5 rings (SSSR count). The third kappa shape index (κ3) is 3.72. The molecule has 2 aromatic carbocycles. The predicted molar refractivity (Wildman–Crippen MR) is 118 cm³/mol. The Morgan fingerprint density at radius 1 is 1.16 bits per heavy atom. The summed E-state index contributed by atoms with van der Waals surface area (Å²) in [6.07, 6.45) is 3.07. The van der Waals surface area contributed by atoms with Crippen LogP contribution >= 0.6 is 0 Å². The Hall–Kier alpha value is -3.12. The van der Waals surface area contributed by atoms with E-state index < -0.39 is 0 Å². The summed E-state index contributed by atoms with van der Waals surface area (Å²) in [6, 6.07) is 17.9. The summed E-state index contributed by atoms with van der Waals surface area (Å²) in [5.74, 6) is 0.827. The van der Waals surface area contributed by atoms with Crippen LogP contribution in [0.2, 0.25) is 0 Å². The summed E-state index contributed by atoms with van der Waals surface area (Å²) >= 11 is 0. The van der Waals surface area contributed by atoms with Crippen LogP contribution in [0.5, 0.6) is 5.75 Å². The van der Waals surface area contributed by atoms with Gasteiger partial charge in [0, 0.05) is 24.3 Å². The van der Waals surface area contributed by atoms with E-state index in [1.165, 1.54) is 0 Å². The number of carbonyl (C=O) groups excluding carboxylic acids is 1. The second kappa shape index (κ2) is 8.55. The largest absolute Gasteiger partial charge is 0.494 e. The number of fused-ring (bicyclic) bond motifs is 1. The summed E-state index contributed by atoms with van der Waals surface area (Å²) in [6.45, 7) is 4.13. The summed E-state index contributed by atoms with van der Waals surface area (Å²) in [5, 5.41) is 7.55. The zero-order valence-corrected chi connectivity index (χ0v) is 17.7. The van der Waals surface area contributed by atoms with Crippen LogP contribution in [0.3, 0.4) is 0 Å². The number of H-pyrrole nitrogens is 1. The van der Waals surface area contributed by atoms with Crippen molar-refractivity contribution in [3.8, 4) is 17.0 Å². The summed E-state index contributed by atoms with van der Waals surface area (Å²) < 4.78 is 11.6. The molecule has 1 aromatic heterocycles. The van der Waals surface area contributed by atoms with E-state index >= 15 is 0 Å². The average Bonchev–Trinajstić information content (AvgIpc) is 3.53. The van der Waals surface area contributed by atoms with Gasteiger partial charge in [-0.25, -0.2) is 0 Å². The first-order valence-corrected chi connectivity index (χ1v) is 11.0. The Morgan fingerprint density at radius 2 is 1.97 bits per heavy atom. The van der Waals surface area contributed by atoms with Gasteiger partial charge in [0.1, 0.15) is 11.4 Å². The molecule has 1 amide bonds. The Labute approximate surface area is 182 Å². The number of nitrogens with one attached hydrogen (secondary N) is 1. The lowest BCUT2D eigenvalue weighted by Gasteiger charge is -2.28. The highest BCUT2D eigenvalue weighted by atomic mass is 16.5. The van der Waals surface area contributed by atoms with Gasteiger partial charge in [0.15, 0.2) is 0 Å². The number of carbonyl (C=O) groups is 1. The van der Waals surface area contributed by atoms with Gasteiger partial charge in [0.25, 0.3) is 5.91 Å². The van der Waals surface area contributed by atoms with Crippen LogP contribution in [-0.4, -0.2) is 46.9 Å². The average molecular weight is 418 g/mol. The molecule has 0 spiro atoms. The molecule has 1 N–H and O–H groups in total. The topological polar surface area (TPSA) is 67.5 Å². The van der Waals surface area contributed by atoms with Gasteiger partial charge in [0.2, 0.25) is 0 Å². The Balaban J connectivity index is 1.55. The summed E-state index contributed by atoms with van der Waals surface area (Å²) in [7, 11) is 0.